The van der Waals surface area contributed by atoms with Gasteiger partial charge in [-0.15, -0.1) is 12.0 Å². The Bertz CT molecular complexity index is 416. The molecule has 19 heavy (non-hydrogen) atoms. The molecule has 0 radical (unpaired) electrons. The lowest BCUT2D eigenvalue weighted by atomic mass is 9.79. The van der Waals surface area contributed by atoms with Crippen LogP contribution in [0.1, 0.15) is 31.2 Å². The smallest absolute Gasteiger partial charge is 0.493 e. The van der Waals surface area contributed by atoms with Crippen LogP contribution in [0, 0.1) is 6.92 Å². The lowest BCUT2D eigenvalue weighted by Gasteiger charge is -2.17. The fraction of sp³-hybridized carbons (Fsp3) is 0.429. The highest BCUT2D eigenvalue weighted by Crippen LogP contribution is 2.19. The van der Waals surface area contributed by atoms with Gasteiger partial charge in [-0.1, -0.05) is 18.2 Å². The van der Waals surface area contributed by atoms with Crippen LogP contribution in [0.25, 0.3) is 0 Å². The molecule has 0 aliphatic heterocycles. The third-order valence-corrected chi connectivity index (χ3v) is 2.89. The van der Waals surface area contributed by atoms with E-state index in [0.717, 1.165) is 37.8 Å². The Kier molecular flexibility index (Phi) is 5.99. The number of hydrogen-bond donors (Lipinski definition) is 0. The summed E-state index contributed by atoms with van der Waals surface area (Å²) >= 11 is 0. The van der Waals surface area contributed by atoms with Gasteiger partial charge in [-0.05, 0) is 44.2 Å². The van der Waals surface area contributed by atoms with Crippen molar-refractivity contribution < 1.29 is 17.7 Å². The molecule has 0 aromatic heterocycles. The van der Waals surface area contributed by atoms with E-state index in [1.165, 1.54) is 6.07 Å². The van der Waals surface area contributed by atoms with Crippen LogP contribution in [-0.4, -0.2) is 13.6 Å². The SMILES string of the molecule is C=CCCCCCOc1ccc([B-](F)(F)F)cc1C. The van der Waals surface area contributed by atoms with Crippen LogP contribution in [0.3, 0.4) is 0 Å². The van der Waals surface area contributed by atoms with Gasteiger partial charge in [0.15, 0.2) is 0 Å². The number of hydrogen-bond acceptors (Lipinski definition) is 1. The van der Waals surface area contributed by atoms with Crippen molar-refractivity contribution in [2.75, 3.05) is 6.61 Å². The van der Waals surface area contributed by atoms with E-state index in [1.807, 2.05) is 6.08 Å². The van der Waals surface area contributed by atoms with E-state index in [0.29, 0.717) is 17.9 Å². The minimum absolute atomic E-state index is 0.530. The molecule has 0 saturated heterocycles. The summed E-state index contributed by atoms with van der Waals surface area (Å²) < 4.78 is 43.1. The van der Waals surface area contributed by atoms with Gasteiger partial charge in [-0.3, -0.25) is 0 Å². The Hall–Kier alpha value is -1.39. The van der Waals surface area contributed by atoms with E-state index >= 15 is 0 Å². The summed E-state index contributed by atoms with van der Waals surface area (Å²) in [7, 11) is 0. The lowest BCUT2D eigenvalue weighted by molar-refractivity contribution is 0.303. The summed E-state index contributed by atoms with van der Waals surface area (Å²) in [5, 5.41) is 0. The molecule has 0 atom stereocenters. The quantitative estimate of drug-likeness (QED) is 0.391. The minimum Gasteiger partial charge on any atom is -0.493 e. The Labute approximate surface area is 112 Å². The van der Waals surface area contributed by atoms with Crippen molar-refractivity contribution in [1.29, 1.82) is 0 Å². The van der Waals surface area contributed by atoms with Gasteiger partial charge in [-0.25, -0.2) is 0 Å². The van der Waals surface area contributed by atoms with E-state index in [-0.39, 0.29) is 0 Å². The molecule has 0 amide bonds. The van der Waals surface area contributed by atoms with Crippen LogP contribution >= 0.6 is 0 Å². The Balaban J connectivity index is 2.45. The average molecular weight is 271 g/mol. The van der Waals surface area contributed by atoms with E-state index in [4.69, 9.17) is 4.74 Å². The summed E-state index contributed by atoms with van der Waals surface area (Å²) in [6.45, 7) is 0.886. The summed E-state index contributed by atoms with van der Waals surface area (Å²) in [4.78, 5) is 0. The maximum atomic E-state index is 12.5. The summed E-state index contributed by atoms with van der Waals surface area (Å²) in [5.74, 6) is 0.535. The number of aryl methyl sites for hydroxylation is 1. The lowest BCUT2D eigenvalue weighted by Crippen LogP contribution is -2.34. The first-order chi connectivity index (χ1) is 8.95. The molecule has 106 valence electrons. The third kappa shape index (κ3) is 5.41. The second-order valence-corrected chi connectivity index (χ2v) is 4.59. The predicted molar refractivity (Wildman–Crippen MR) is 74.1 cm³/mol. The van der Waals surface area contributed by atoms with Gasteiger partial charge in [0, 0.05) is 0 Å². The zero-order valence-corrected chi connectivity index (χ0v) is 11.2. The molecule has 0 aliphatic rings. The van der Waals surface area contributed by atoms with E-state index < -0.39 is 12.4 Å². The Morgan fingerprint density at radius 2 is 1.95 bits per heavy atom. The first kappa shape index (κ1) is 15.7. The zero-order chi connectivity index (χ0) is 14.3. The predicted octanol–water partition coefficient (Wildman–Crippen LogP) is 4.17. The normalized spacial score (nSPS) is 11.4. The molecule has 0 spiro atoms. The highest BCUT2D eigenvalue weighted by molar-refractivity contribution is 6.73. The van der Waals surface area contributed by atoms with Gasteiger partial charge in [0.2, 0.25) is 0 Å². The number of halogens is 3. The number of rotatable bonds is 8. The van der Waals surface area contributed by atoms with E-state index in [2.05, 4.69) is 6.58 Å². The standard InChI is InChI=1S/C14H19BF3O/c1-3-4-5-6-7-10-19-14-9-8-13(11-12(14)2)15(16,17)18/h3,8-9,11H,1,4-7,10H2,2H3/q-1. The zero-order valence-electron chi connectivity index (χ0n) is 11.2. The molecule has 1 rings (SSSR count). The van der Waals surface area contributed by atoms with Crippen molar-refractivity contribution in [1.82, 2.24) is 0 Å². The van der Waals surface area contributed by atoms with Gasteiger partial charge in [0.05, 0.1) is 6.61 Å². The fourth-order valence-electron chi connectivity index (χ4n) is 1.79. The molecule has 0 fully saturated rings. The first-order valence-corrected chi connectivity index (χ1v) is 6.49. The van der Waals surface area contributed by atoms with Crippen LogP contribution in [-0.2, 0) is 0 Å². The molecular weight excluding hydrogens is 252 g/mol. The molecule has 1 nitrogen and oxygen atoms in total. The van der Waals surface area contributed by atoms with Gasteiger partial charge in [-0.2, -0.15) is 0 Å². The van der Waals surface area contributed by atoms with Crippen LogP contribution in [0.5, 0.6) is 5.75 Å². The molecular formula is C14H19BF3O-. The first-order valence-electron chi connectivity index (χ1n) is 6.49. The largest absolute Gasteiger partial charge is 0.509 e. The molecule has 0 bridgehead atoms. The van der Waals surface area contributed by atoms with Crippen molar-refractivity contribution in [2.45, 2.75) is 32.6 Å². The van der Waals surface area contributed by atoms with Crippen LogP contribution in [0.4, 0.5) is 12.9 Å². The molecule has 1 aromatic rings. The van der Waals surface area contributed by atoms with Crippen LogP contribution < -0.4 is 10.2 Å². The monoisotopic (exact) mass is 271 g/mol. The number of unbranched alkanes of at least 4 members (excludes halogenated alkanes) is 3. The number of benzene rings is 1. The molecule has 0 aliphatic carbocycles. The summed E-state index contributed by atoms with van der Waals surface area (Å²) in [6.07, 6.45) is 5.87. The fourth-order valence-corrected chi connectivity index (χ4v) is 1.79. The second kappa shape index (κ2) is 7.26. The Morgan fingerprint density at radius 3 is 2.53 bits per heavy atom. The van der Waals surface area contributed by atoms with Crippen LogP contribution in [0.2, 0.25) is 0 Å². The topological polar surface area (TPSA) is 9.23 Å². The van der Waals surface area contributed by atoms with Crippen molar-refractivity contribution in [2.24, 2.45) is 0 Å². The van der Waals surface area contributed by atoms with Crippen molar-refractivity contribution >= 4 is 12.4 Å². The third-order valence-electron chi connectivity index (χ3n) is 2.89. The molecule has 0 N–H and O–H groups in total. The van der Waals surface area contributed by atoms with Gasteiger partial charge >= 0.3 is 6.98 Å². The maximum absolute atomic E-state index is 12.5. The Morgan fingerprint density at radius 1 is 1.21 bits per heavy atom. The molecule has 0 heterocycles. The van der Waals surface area contributed by atoms with Crippen LogP contribution in [0.15, 0.2) is 30.9 Å². The maximum Gasteiger partial charge on any atom is 0.509 e. The highest BCUT2D eigenvalue weighted by atomic mass is 19.4. The number of allylic oxidation sites excluding steroid dienone is 1. The minimum atomic E-state index is -4.93. The molecule has 5 heteroatoms. The average Bonchev–Trinajstić information content (AvgIpc) is 2.34. The van der Waals surface area contributed by atoms with Gasteiger partial charge in [0.25, 0.3) is 0 Å². The van der Waals surface area contributed by atoms with Gasteiger partial charge in [0.1, 0.15) is 5.75 Å². The van der Waals surface area contributed by atoms with Crippen molar-refractivity contribution in [3.8, 4) is 5.75 Å². The number of ether oxygens (including phenoxy) is 1. The second-order valence-electron chi connectivity index (χ2n) is 4.59. The van der Waals surface area contributed by atoms with E-state index in [9.17, 15) is 12.9 Å². The van der Waals surface area contributed by atoms with Crippen molar-refractivity contribution in [3.63, 3.8) is 0 Å². The van der Waals surface area contributed by atoms with E-state index in [1.54, 1.807) is 6.92 Å². The summed E-state index contributed by atoms with van der Waals surface area (Å²) in [6, 6.07) is 3.64. The highest BCUT2D eigenvalue weighted by Gasteiger charge is 2.25. The summed E-state index contributed by atoms with van der Waals surface area (Å²) in [5.41, 5.74) is -0.0429. The molecule has 1 aromatic carbocycles. The molecule has 0 saturated carbocycles. The van der Waals surface area contributed by atoms with Crippen molar-refractivity contribution in [3.05, 3.63) is 36.4 Å². The molecule has 0 unspecified atom stereocenters. The van der Waals surface area contributed by atoms with Gasteiger partial charge < -0.3 is 17.7 Å².